The van der Waals surface area contributed by atoms with Crippen LogP contribution in [-0.2, 0) is 0 Å². The van der Waals surface area contributed by atoms with E-state index in [1.807, 2.05) is 12.1 Å². The molecule has 0 unspecified atom stereocenters. The number of carbonyl (C=O) groups is 1. The molecule has 0 aliphatic heterocycles. The first-order chi connectivity index (χ1) is 15.7. The highest BCUT2D eigenvalue weighted by molar-refractivity contribution is 7.80. The Labute approximate surface area is 202 Å². The summed E-state index contributed by atoms with van der Waals surface area (Å²) in [5, 5.41) is 6.29. The van der Waals surface area contributed by atoms with Crippen LogP contribution in [0.25, 0.3) is 0 Å². The van der Waals surface area contributed by atoms with Gasteiger partial charge in [-0.15, -0.1) is 0 Å². The molecule has 0 saturated carbocycles. The summed E-state index contributed by atoms with van der Waals surface area (Å²) in [6.45, 7) is 5.78. The second-order valence-electron chi connectivity index (χ2n) is 8.68. The molecule has 1 rings (SSSR count). The van der Waals surface area contributed by atoms with E-state index in [1.54, 1.807) is 12.1 Å². The standard InChI is InChI=1S/C27H46N2O2S/c1-3-5-6-7-8-9-10-11-12-13-14-15-16-17-21-28-27(32)29-26(30)24-19-18-20-25(23-24)31-22-4-2/h18-20,23H,3-17,21-22H2,1-2H3,(H2,28,29,30,32). The first-order valence-electron chi connectivity index (χ1n) is 13.0. The molecule has 0 heterocycles. The fraction of sp³-hybridized carbons (Fsp3) is 0.704. The van der Waals surface area contributed by atoms with Crippen LogP contribution in [0, 0.1) is 0 Å². The number of unbranched alkanes of at least 4 members (excludes halogenated alkanes) is 13. The Kier molecular flexibility index (Phi) is 17.8. The van der Waals surface area contributed by atoms with Crippen molar-refractivity contribution in [1.82, 2.24) is 10.6 Å². The van der Waals surface area contributed by atoms with E-state index in [1.165, 1.54) is 83.5 Å². The van der Waals surface area contributed by atoms with Crippen LogP contribution < -0.4 is 15.4 Å². The Morgan fingerprint density at radius 1 is 0.812 bits per heavy atom. The van der Waals surface area contributed by atoms with E-state index in [-0.39, 0.29) is 5.91 Å². The number of thiocarbonyl (C=S) groups is 1. The third-order valence-electron chi connectivity index (χ3n) is 5.61. The molecule has 32 heavy (non-hydrogen) atoms. The number of hydrogen-bond donors (Lipinski definition) is 2. The summed E-state index contributed by atoms with van der Waals surface area (Å²) in [5.74, 6) is 0.506. The van der Waals surface area contributed by atoms with Crippen LogP contribution in [0.15, 0.2) is 24.3 Å². The first kappa shape index (κ1) is 28.4. The van der Waals surface area contributed by atoms with Crippen molar-refractivity contribution in [3.8, 4) is 5.75 Å². The number of rotatable bonds is 19. The summed E-state index contributed by atoms with van der Waals surface area (Å²) in [5.41, 5.74) is 0.555. The topological polar surface area (TPSA) is 50.4 Å². The number of amides is 1. The van der Waals surface area contributed by atoms with E-state index in [0.717, 1.165) is 19.4 Å². The van der Waals surface area contributed by atoms with E-state index in [2.05, 4.69) is 24.5 Å². The van der Waals surface area contributed by atoms with E-state index in [9.17, 15) is 4.79 Å². The highest BCUT2D eigenvalue weighted by atomic mass is 32.1. The van der Waals surface area contributed by atoms with Crippen molar-refractivity contribution in [1.29, 1.82) is 0 Å². The zero-order chi connectivity index (χ0) is 23.3. The molecular weight excluding hydrogens is 416 g/mol. The third kappa shape index (κ3) is 15.2. The maximum atomic E-state index is 12.3. The summed E-state index contributed by atoms with van der Waals surface area (Å²) in [6.07, 6.45) is 19.8. The lowest BCUT2D eigenvalue weighted by Gasteiger charge is -2.10. The predicted octanol–water partition coefficient (Wildman–Crippen LogP) is 7.56. The zero-order valence-electron chi connectivity index (χ0n) is 20.6. The molecule has 0 aliphatic carbocycles. The molecule has 1 aromatic carbocycles. The Bertz CT molecular complexity index is 621. The molecule has 0 spiro atoms. The predicted molar refractivity (Wildman–Crippen MR) is 141 cm³/mol. The normalized spacial score (nSPS) is 10.7. The van der Waals surface area contributed by atoms with Gasteiger partial charge >= 0.3 is 0 Å². The molecule has 5 heteroatoms. The van der Waals surface area contributed by atoms with Crippen LogP contribution >= 0.6 is 12.2 Å². The zero-order valence-corrected chi connectivity index (χ0v) is 21.4. The fourth-order valence-electron chi connectivity index (χ4n) is 3.69. The Morgan fingerprint density at radius 3 is 1.94 bits per heavy atom. The molecule has 1 amide bonds. The summed E-state index contributed by atoms with van der Waals surface area (Å²) >= 11 is 5.26. The number of carbonyl (C=O) groups excluding carboxylic acids is 1. The van der Waals surface area contributed by atoms with Gasteiger partial charge in [0.2, 0.25) is 0 Å². The number of hydrogen-bond acceptors (Lipinski definition) is 3. The lowest BCUT2D eigenvalue weighted by atomic mass is 10.0. The second-order valence-corrected chi connectivity index (χ2v) is 9.09. The van der Waals surface area contributed by atoms with Crippen LogP contribution in [-0.4, -0.2) is 24.2 Å². The van der Waals surface area contributed by atoms with Crippen molar-refractivity contribution < 1.29 is 9.53 Å². The third-order valence-corrected chi connectivity index (χ3v) is 5.86. The lowest BCUT2D eigenvalue weighted by Crippen LogP contribution is -2.39. The molecule has 0 aromatic heterocycles. The van der Waals surface area contributed by atoms with Crippen molar-refractivity contribution in [2.75, 3.05) is 13.2 Å². The Hall–Kier alpha value is -1.62. The molecular formula is C27H46N2O2S. The number of ether oxygens (including phenoxy) is 1. The van der Waals surface area contributed by atoms with Gasteiger partial charge in [0.15, 0.2) is 5.11 Å². The highest BCUT2D eigenvalue weighted by Crippen LogP contribution is 2.14. The van der Waals surface area contributed by atoms with Crippen molar-refractivity contribution in [3.63, 3.8) is 0 Å². The average molecular weight is 463 g/mol. The van der Waals surface area contributed by atoms with Crippen LogP contribution in [0.4, 0.5) is 0 Å². The van der Waals surface area contributed by atoms with Crippen molar-refractivity contribution >= 4 is 23.2 Å². The monoisotopic (exact) mass is 462 g/mol. The maximum Gasteiger partial charge on any atom is 0.257 e. The molecule has 182 valence electrons. The van der Waals surface area contributed by atoms with E-state index in [0.29, 0.717) is 23.0 Å². The summed E-state index contributed by atoms with van der Waals surface area (Å²) in [4.78, 5) is 12.3. The summed E-state index contributed by atoms with van der Waals surface area (Å²) < 4.78 is 5.58. The van der Waals surface area contributed by atoms with Gasteiger partial charge in [-0.2, -0.15) is 0 Å². The van der Waals surface area contributed by atoms with Crippen LogP contribution in [0.5, 0.6) is 5.75 Å². The molecule has 0 radical (unpaired) electrons. The molecule has 2 N–H and O–H groups in total. The average Bonchev–Trinajstić information content (AvgIpc) is 2.80. The molecule has 4 nitrogen and oxygen atoms in total. The van der Waals surface area contributed by atoms with Gasteiger partial charge in [0.05, 0.1) is 6.61 Å². The van der Waals surface area contributed by atoms with Crippen molar-refractivity contribution in [2.24, 2.45) is 0 Å². The fourth-order valence-corrected chi connectivity index (χ4v) is 3.88. The minimum atomic E-state index is -0.203. The van der Waals surface area contributed by atoms with Gasteiger partial charge in [0, 0.05) is 12.1 Å². The van der Waals surface area contributed by atoms with Gasteiger partial charge in [-0.3, -0.25) is 10.1 Å². The number of nitrogens with one attached hydrogen (secondary N) is 2. The summed E-state index contributed by atoms with van der Waals surface area (Å²) in [6, 6.07) is 7.20. The minimum absolute atomic E-state index is 0.203. The molecule has 1 aromatic rings. The van der Waals surface area contributed by atoms with Crippen LogP contribution in [0.3, 0.4) is 0 Å². The summed E-state index contributed by atoms with van der Waals surface area (Å²) in [7, 11) is 0. The van der Waals surface area contributed by atoms with Crippen LogP contribution in [0.2, 0.25) is 0 Å². The van der Waals surface area contributed by atoms with Gasteiger partial charge in [0.1, 0.15) is 5.75 Å². The molecule has 0 aliphatic rings. The molecule has 0 fully saturated rings. The quantitative estimate of drug-likeness (QED) is 0.164. The largest absolute Gasteiger partial charge is 0.494 e. The van der Waals surface area contributed by atoms with Crippen molar-refractivity contribution in [3.05, 3.63) is 29.8 Å². The van der Waals surface area contributed by atoms with Gasteiger partial charge in [0.25, 0.3) is 5.91 Å². The molecule has 0 saturated heterocycles. The maximum absolute atomic E-state index is 12.3. The second kappa shape index (κ2) is 20.0. The Balaban J connectivity index is 1.97. The number of benzene rings is 1. The van der Waals surface area contributed by atoms with Gasteiger partial charge < -0.3 is 10.1 Å². The first-order valence-corrected chi connectivity index (χ1v) is 13.4. The SMILES string of the molecule is CCCCCCCCCCCCCCCCNC(=S)NC(=O)c1cccc(OCCC)c1. The molecule has 0 atom stereocenters. The van der Waals surface area contributed by atoms with Crippen molar-refractivity contribution in [2.45, 2.75) is 110 Å². The highest BCUT2D eigenvalue weighted by Gasteiger charge is 2.08. The van der Waals surface area contributed by atoms with E-state index < -0.39 is 0 Å². The van der Waals surface area contributed by atoms with Gasteiger partial charge in [-0.1, -0.05) is 103 Å². The van der Waals surface area contributed by atoms with E-state index in [4.69, 9.17) is 17.0 Å². The van der Waals surface area contributed by atoms with Gasteiger partial charge in [-0.25, -0.2) is 0 Å². The molecule has 0 bridgehead atoms. The lowest BCUT2D eigenvalue weighted by molar-refractivity contribution is 0.0976. The van der Waals surface area contributed by atoms with E-state index >= 15 is 0 Å². The van der Waals surface area contributed by atoms with Gasteiger partial charge in [-0.05, 0) is 43.3 Å². The minimum Gasteiger partial charge on any atom is -0.494 e. The van der Waals surface area contributed by atoms with Crippen LogP contribution in [0.1, 0.15) is 121 Å². The Morgan fingerprint density at radius 2 is 1.38 bits per heavy atom. The smallest absolute Gasteiger partial charge is 0.257 e.